The molecule has 1 atom stereocenters. The molecule has 1 fully saturated rings. The number of carbonyl (C=O) groups is 2. The number of benzene rings is 2. The molecule has 3 rings (SSSR count). The normalized spacial score (nSPS) is 15.4. The Balaban J connectivity index is 1.54. The molecule has 0 radical (unpaired) electrons. The maximum Gasteiger partial charge on any atom is 0.253 e. The van der Waals surface area contributed by atoms with E-state index in [4.69, 9.17) is 11.6 Å². The van der Waals surface area contributed by atoms with Gasteiger partial charge in [0.05, 0.1) is 23.0 Å². The van der Waals surface area contributed by atoms with Crippen LogP contribution in [0.5, 0.6) is 0 Å². The van der Waals surface area contributed by atoms with E-state index >= 15 is 0 Å². The van der Waals surface area contributed by atoms with Crippen LogP contribution in [0.15, 0.2) is 54.6 Å². The first-order chi connectivity index (χ1) is 14.6. The fourth-order valence-corrected chi connectivity index (χ4v) is 4.01. The van der Waals surface area contributed by atoms with Crippen LogP contribution in [0.25, 0.3) is 0 Å². The van der Waals surface area contributed by atoms with Crippen molar-refractivity contribution in [1.29, 1.82) is 0 Å². The van der Waals surface area contributed by atoms with Crippen LogP contribution in [0.3, 0.4) is 0 Å². The zero-order valence-corrected chi connectivity index (χ0v) is 18.0. The lowest BCUT2D eigenvalue weighted by molar-refractivity contribution is -0.121. The van der Waals surface area contributed by atoms with Gasteiger partial charge in [0.25, 0.3) is 5.91 Å². The quantitative estimate of drug-likeness (QED) is 0.590. The fourth-order valence-electron chi connectivity index (χ4n) is 3.79. The molecule has 2 aromatic carbocycles. The van der Waals surface area contributed by atoms with Crippen molar-refractivity contribution in [3.8, 4) is 0 Å². The lowest BCUT2D eigenvalue weighted by Crippen LogP contribution is -2.36. The summed E-state index contributed by atoms with van der Waals surface area (Å²) < 4.78 is 0. The van der Waals surface area contributed by atoms with E-state index in [1.165, 1.54) is 19.3 Å². The van der Waals surface area contributed by atoms with Crippen LogP contribution in [-0.4, -0.2) is 42.9 Å². The number of amides is 2. The van der Waals surface area contributed by atoms with E-state index in [0.29, 0.717) is 17.1 Å². The smallest absolute Gasteiger partial charge is 0.253 e. The number of likely N-dealkylation sites (tertiary alicyclic amines) is 1. The summed E-state index contributed by atoms with van der Waals surface area (Å²) in [6.45, 7) is 4.00. The van der Waals surface area contributed by atoms with Gasteiger partial charge in [0.15, 0.2) is 0 Å². The molecular weight excluding hydrogens is 398 g/mol. The second-order valence-corrected chi connectivity index (χ2v) is 8.13. The van der Waals surface area contributed by atoms with Crippen LogP contribution in [0.4, 0.5) is 0 Å². The van der Waals surface area contributed by atoms with E-state index in [0.717, 1.165) is 31.6 Å². The summed E-state index contributed by atoms with van der Waals surface area (Å²) in [5.74, 6) is -0.352. The highest BCUT2D eigenvalue weighted by atomic mass is 35.5. The molecule has 1 unspecified atom stereocenters. The van der Waals surface area contributed by atoms with Gasteiger partial charge in [-0.05, 0) is 56.6 Å². The van der Waals surface area contributed by atoms with Crippen LogP contribution in [-0.2, 0) is 4.79 Å². The zero-order valence-electron chi connectivity index (χ0n) is 17.3. The molecule has 1 aliphatic heterocycles. The van der Waals surface area contributed by atoms with Crippen LogP contribution >= 0.6 is 11.6 Å². The van der Waals surface area contributed by atoms with Crippen molar-refractivity contribution in [3.63, 3.8) is 0 Å². The van der Waals surface area contributed by atoms with E-state index in [2.05, 4.69) is 15.5 Å². The van der Waals surface area contributed by atoms with Crippen molar-refractivity contribution >= 4 is 23.4 Å². The summed E-state index contributed by atoms with van der Waals surface area (Å²) in [6, 6.07) is 16.1. The van der Waals surface area contributed by atoms with Crippen molar-refractivity contribution in [2.24, 2.45) is 0 Å². The Kier molecular flexibility index (Phi) is 8.72. The molecular formula is C24H30ClN3O2. The highest BCUT2D eigenvalue weighted by Crippen LogP contribution is 2.20. The summed E-state index contributed by atoms with van der Waals surface area (Å²) in [7, 11) is 0. The Morgan fingerprint density at radius 1 is 0.967 bits per heavy atom. The largest absolute Gasteiger partial charge is 0.356 e. The molecule has 2 aromatic rings. The summed E-state index contributed by atoms with van der Waals surface area (Å²) in [6.07, 6.45) is 5.00. The fraction of sp³-hybridized carbons (Fsp3) is 0.417. The Hall–Kier alpha value is -2.37. The Bertz CT molecular complexity index is 822. The number of rotatable bonds is 9. The zero-order chi connectivity index (χ0) is 21.2. The maximum atomic E-state index is 12.7. The maximum absolute atomic E-state index is 12.7. The topological polar surface area (TPSA) is 61.4 Å². The summed E-state index contributed by atoms with van der Waals surface area (Å²) >= 11 is 6.16. The average molecular weight is 428 g/mol. The Labute approximate surface area is 183 Å². The third kappa shape index (κ3) is 6.85. The number of halogens is 1. The van der Waals surface area contributed by atoms with Crippen molar-refractivity contribution in [2.75, 3.05) is 26.2 Å². The number of piperidine rings is 1. The summed E-state index contributed by atoms with van der Waals surface area (Å²) in [5, 5.41) is 6.37. The highest BCUT2D eigenvalue weighted by Gasteiger charge is 2.20. The van der Waals surface area contributed by atoms with E-state index in [1.807, 2.05) is 30.3 Å². The van der Waals surface area contributed by atoms with E-state index < -0.39 is 6.04 Å². The third-order valence-electron chi connectivity index (χ3n) is 5.44. The van der Waals surface area contributed by atoms with Gasteiger partial charge in [0, 0.05) is 6.54 Å². The molecule has 6 heteroatoms. The van der Waals surface area contributed by atoms with Gasteiger partial charge in [-0.15, -0.1) is 0 Å². The van der Waals surface area contributed by atoms with Gasteiger partial charge in [-0.2, -0.15) is 0 Å². The standard InChI is InChI=1S/C24H30ClN3O2/c25-21-13-6-5-12-20(21)24(30)27-22(19-10-3-1-4-11-19)18-23(29)26-14-9-17-28-15-7-2-8-16-28/h1,3-6,10-13,22H,2,7-9,14-18H2,(H,26,29)(H,27,30). The van der Waals surface area contributed by atoms with Gasteiger partial charge in [-0.1, -0.05) is 60.5 Å². The highest BCUT2D eigenvalue weighted by molar-refractivity contribution is 6.33. The minimum Gasteiger partial charge on any atom is -0.356 e. The third-order valence-corrected chi connectivity index (χ3v) is 5.77. The molecule has 1 saturated heterocycles. The molecule has 30 heavy (non-hydrogen) atoms. The monoisotopic (exact) mass is 427 g/mol. The van der Waals surface area contributed by atoms with Gasteiger partial charge in [-0.3, -0.25) is 9.59 Å². The number of nitrogens with one attached hydrogen (secondary N) is 2. The second kappa shape index (κ2) is 11.7. The van der Waals surface area contributed by atoms with Crippen molar-refractivity contribution in [1.82, 2.24) is 15.5 Å². The summed E-state index contributed by atoms with van der Waals surface area (Å²) in [5.41, 5.74) is 1.29. The molecule has 5 nitrogen and oxygen atoms in total. The van der Waals surface area contributed by atoms with Crippen LogP contribution in [0.1, 0.15) is 54.1 Å². The van der Waals surface area contributed by atoms with Crippen molar-refractivity contribution in [2.45, 2.75) is 38.1 Å². The van der Waals surface area contributed by atoms with Gasteiger partial charge >= 0.3 is 0 Å². The minimum absolute atomic E-state index is 0.0676. The van der Waals surface area contributed by atoms with Gasteiger partial charge < -0.3 is 15.5 Å². The molecule has 1 aliphatic rings. The number of hydrogen-bond acceptors (Lipinski definition) is 3. The predicted octanol–water partition coefficient (Wildman–Crippen LogP) is 4.19. The average Bonchev–Trinajstić information content (AvgIpc) is 2.78. The first-order valence-corrected chi connectivity index (χ1v) is 11.1. The molecule has 160 valence electrons. The minimum atomic E-state index is -0.419. The van der Waals surface area contributed by atoms with E-state index in [-0.39, 0.29) is 18.2 Å². The molecule has 0 saturated carbocycles. The lowest BCUT2D eigenvalue weighted by atomic mass is 10.0. The van der Waals surface area contributed by atoms with Crippen molar-refractivity contribution in [3.05, 3.63) is 70.7 Å². The van der Waals surface area contributed by atoms with Gasteiger partial charge in [0.1, 0.15) is 0 Å². The molecule has 2 amide bonds. The molecule has 2 N–H and O–H groups in total. The first-order valence-electron chi connectivity index (χ1n) is 10.7. The number of nitrogens with zero attached hydrogens (tertiary/aromatic N) is 1. The Morgan fingerprint density at radius 2 is 1.67 bits per heavy atom. The van der Waals surface area contributed by atoms with Crippen molar-refractivity contribution < 1.29 is 9.59 Å². The van der Waals surface area contributed by atoms with E-state index in [1.54, 1.807) is 24.3 Å². The van der Waals surface area contributed by atoms with Crippen LogP contribution in [0, 0.1) is 0 Å². The SMILES string of the molecule is O=C(CC(NC(=O)c1ccccc1Cl)c1ccccc1)NCCCN1CCCCC1. The van der Waals surface area contributed by atoms with Gasteiger partial charge in [-0.25, -0.2) is 0 Å². The van der Waals surface area contributed by atoms with Crippen LogP contribution in [0.2, 0.25) is 5.02 Å². The Morgan fingerprint density at radius 3 is 2.40 bits per heavy atom. The first kappa shape index (κ1) is 22.3. The lowest BCUT2D eigenvalue weighted by Gasteiger charge is -2.26. The number of hydrogen-bond donors (Lipinski definition) is 2. The summed E-state index contributed by atoms with van der Waals surface area (Å²) in [4.78, 5) is 27.8. The molecule has 0 aliphatic carbocycles. The number of carbonyl (C=O) groups excluding carboxylic acids is 2. The molecule has 0 aromatic heterocycles. The second-order valence-electron chi connectivity index (χ2n) is 7.73. The molecule has 0 bridgehead atoms. The van der Waals surface area contributed by atoms with Gasteiger partial charge in [0.2, 0.25) is 5.91 Å². The van der Waals surface area contributed by atoms with E-state index in [9.17, 15) is 9.59 Å². The predicted molar refractivity (Wildman–Crippen MR) is 121 cm³/mol. The van der Waals surface area contributed by atoms with Crippen LogP contribution < -0.4 is 10.6 Å². The molecule has 1 heterocycles. The molecule has 0 spiro atoms.